The van der Waals surface area contributed by atoms with Crippen molar-refractivity contribution in [3.05, 3.63) is 71.0 Å². The van der Waals surface area contributed by atoms with Crippen LogP contribution >= 0.6 is 0 Å². The van der Waals surface area contributed by atoms with Crippen molar-refractivity contribution in [2.24, 2.45) is 0 Å². The second-order valence-corrected chi connectivity index (χ2v) is 7.88. The maximum atomic E-state index is 13.2. The predicted molar refractivity (Wildman–Crippen MR) is 120 cm³/mol. The molecule has 0 bridgehead atoms. The fourth-order valence-corrected chi connectivity index (χ4v) is 3.64. The molecule has 2 aromatic carbocycles. The van der Waals surface area contributed by atoms with Crippen molar-refractivity contribution in [2.45, 2.75) is 31.9 Å². The summed E-state index contributed by atoms with van der Waals surface area (Å²) < 4.78 is 51.5. The van der Waals surface area contributed by atoms with E-state index in [4.69, 9.17) is 9.47 Å². The van der Waals surface area contributed by atoms with E-state index >= 15 is 0 Å². The summed E-state index contributed by atoms with van der Waals surface area (Å²) in [5, 5.41) is 4.17. The average Bonchev–Trinajstić information content (AvgIpc) is 3.59. The van der Waals surface area contributed by atoms with Crippen LogP contribution in [-0.2, 0) is 6.18 Å². The van der Waals surface area contributed by atoms with Crippen LogP contribution < -0.4 is 20.3 Å². The lowest BCUT2D eigenvalue weighted by Gasteiger charge is -2.13. The number of alkyl halides is 3. The topological polar surface area (TPSA) is 94.5 Å². The second kappa shape index (κ2) is 9.69. The molecule has 1 aliphatic rings. The molecule has 0 aliphatic heterocycles. The van der Waals surface area contributed by atoms with E-state index in [1.807, 2.05) is 6.92 Å². The van der Waals surface area contributed by atoms with E-state index in [-0.39, 0.29) is 22.7 Å². The lowest BCUT2D eigenvalue weighted by molar-refractivity contribution is -0.137. The molecule has 11 heteroatoms. The Morgan fingerprint density at radius 3 is 2.49 bits per heavy atom. The Balaban J connectivity index is 1.52. The van der Waals surface area contributed by atoms with Crippen LogP contribution in [0.25, 0.3) is 5.69 Å². The SMILES string of the molecule is CCOc1ccc(C(=O)NNC(=O)c2cnn(-c3cccc(C(F)(F)F)c3)c2C2CC2)cc1OC. The number of hydrazine groups is 1. The minimum atomic E-state index is -4.50. The number of hydrogen-bond acceptors (Lipinski definition) is 5. The Hall–Kier alpha value is -4.02. The van der Waals surface area contributed by atoms with Gasteiger partial charge in [0.05, 0.1) is 42.4 Å². The second-order valence-electron chi connectivity index (χ2n) is 7.88. The van der Waals surface area contributed by atoms with Crippen LogP contribution in [0.5, 0.6) is 11.5 Å². The first kappa shape index (κ1) is 24.1. The summed E-state index contributed by atoms with van der Waals surface area (Å²) in [5.74, 6) is -0.385. The molecule has 0 saturated heterocycles. The van der Waals surface area contributed by atoms with E-state index in [1.165, 1.54) is 42.3 Å². The Morgan fingerprint density at radius 1 is 1.09 bits per heavy atom. The number of benzene rings is 2. The van der Waals surface area contributed by atoms with Crippen molar-refractivity contribution in [1.82, 2.24) is 20.6 Å². The third kappa shape index (κ3) is 5.23. The average molecular weight is 488 g/mol. The molecule has 184 valence electrons. The summed E-state index contributed by atoms with van der Waals surface area (Å²) >= 11 is 0. The number of rotatable bonds is 7. The van der Waals surface area contributed by atoms with Crippen LogP contribution in [0.15, 0.2) is 48.7 Å². The number of halogens is 3. The fourth-order valence-electron chi connectivity index (χ4n) is 3.64. The Bertz CT molecular complexity index is 1250. The summed E-state index contributed by atoms with van der Waals surface area (Å²) in [7, 11) is 1.45. The minimum absolute atomic E-state index is 0.0149. The van der Waals surface area contributed by atoms with Crippen LogP contribution in [0.4, 0.5) is 13.2 Å². The van der Waals surface area contributed by atoms with E-state index in [9.17, 15) is 22.8 Å². The number of ether oxygens (including phenoxy) is 2. The molecule has 0 atom stereocenters. The summed E-state index contributed by atoms with van der Waals surface area (Å²) in [6.07, 6.45) is -1.65. The number of amides is 2. The van der Waals surface area contributed by atoms with Gasteiger partial charge < -0.3 is 9.47 Å². The number of hydrogen-bond donors (Lipinski definition) is 2. The normalized spacial score (nSPS) is 13.3. The zero-order chi connectivity index (χ0) is 25.2. The van der Waals surface area contributed by atoms with Gasteiger partial charge >= 0.3 is 6.18 Å². The molecule has 4 rings (SSSR count). The van der Waals surface area contributed by atoms with Crippen LogP contribution in [0.1, 0.15) is 57.7 Å². The Labute approximate surface area is 199 Å². The molecule has 2 N–H and O–H groups in total. The number of aromatic nitrogens is 2. The molecule has 3 aromatic rings. The summed E-state index contributed by atoms with van der Waals surface area (Å²) in [4.78, 5) is 25.4. The van der Waals surface area contributed by atoms with Crippen LogP contribution in [0, 0.1) is 0 Å². The third-order valence-electron chi connectivity index (χ3n) is 5.45. The smallest absolute Gasteiger partial charge is 0.416 e. The van der Waals surface area contributed by atoms with Crippen molar-refractivity contribution in [1.29, 1.82) is 0 Å². The maximum Gasteiger partial charge on any atom is 0.416 e. The molecule has 1 saturated carbocycles. The first-order valence-corrected chi connectivity index (χ1v) is 10.9. The molecule has 35 heavy (non-hydrogen) atoms. The standard InChI is InChI=1S/C24H23F3N4O4/c1-3-35-19-10-9-15(11-20(19)34-2)22(32)29-30-23(33)18-13-28-31(21(18)14-7-8-14)17-6-4-5-16(12-17)24(25,26)27/h4-6,9-14H,3,7-8H2,1-2H3,(H,29,32)(H,30,33). The predicted octanol–water partition coefficient (Wildman–Crippen LogP) is 4.25. The molecule has 1 aromatic heterocycles. The molecule has 1 heterocycles. The van der Waals surface area contributed by atoms with E-state index in [1.54, 1.807) is 6.07 Å². The highest BCUT2D eigenvalue weighted by molar-refractivity contribution is 6.00. The van der Waals surface area contributed by atoms with Gasteiger partial charge in [0.25, 0.3) is 11.8 Å². The van der Waals surface area contributed by atoms with E-state index < -0.39 is 23.6 Å². The maximum absolute atomic E-state index is 13.2. The van der Waals surface area contributed by atoms with Gasteiger partial charge in [-0.1, -0.05) is 6.07 Å². The van der Waals surface area contributed by atoms with Gasteiger partial charge in [0.15, 0.2) is 11.5 Å². The molecule has 8 nitrogen and oxygen atoms in total. The molecular formula is C24H23F3N4O4. The number of carbonyl (C=O) groups excluding carboxylic acids is 2. The summed E-state index contributed by atoms with van der Waals surface area (Å²) in [6.45, 7) is 2.25. The lowest BCUT2D eigenvalue weighted by Crippen LogP contribution is -2.41. The van der Waals surface area contributed by atoms with E-state index in [2.05, 4.69) is 16.0 Å². The summed E-state index contributed by atoms with van der Waals surface area (Å²) in [6, 6.07) is 9.34. The van der Waals surface area contributed by atoms with Crippen molar-refractivity contribution in [3.63, 3.8) is 0 Å². The number of nitrogens with one attached hydrogen (secondary N) is 2. The quantitative estimate of drug-likeness (QED) is 0.485. The van der Waals surface area contributed by atoms with Crippen LogP contribution in [0.3, 0.4) is 0 Å². The fraction of sp³-hybridized carbons (Fsp3) is 0.292. The largest absolute Gasteiger partial charge is 0.493 e. The van der Waals surface area contributed by atoms with Gasteiger partial charge in [0.1, 0.15) is 0 Å². The van der Waals surface area contributed by atoms with Crippen molar-refractivity contribution in [3.8, 4) is 17.2 Å². The van der Waals surface area contributed by atoms with Gasteiger partial charge in [0.2, 0.25) is 0 Å². The first-order chi connectivity index (χ1) is 16.7. The minimum Gasteiger partial charge on any atom is -0.493 e. The van der Waals surface area contributed by atoms with Gasteiger partial charge in [-0.15, -0.1) is 0 Å². The molecule has 2 amide bonds. The van der Waals surface area contributed by atoms with E-state index in [0.717, 1.165) is 25.0 Å². The van der Waals surface area contributed by atoms with Crippen molar-refractivity contribution in [2.75, 3.05) is 13.7 Å². The van der Waals surface area contributed by atoms with Gasteiger partial charge in [-0.2, -0.15) is 18.3 Å². The van der Waals surface area contributed by atoms with Gasteiger partial charge in [-0.3, -0.25) is 20.4 Å². The van der Waals surface area contributed by atoms with Gasteiger partial charge in [-0.25, -0.2) is 4.68 Å². The van der Waals surface area contributed by atoms with Gasteiger partial charge in [0, 0.05) is 11.5 Å². The Morgan fingerprint density at radius 2 is 1.83 bits per heavy atom. The number of nitrogens with zero attached hydrogens (tertiary/aromatic N) is 2. The van der Waals surface area contributed by atoms with Crippen LogP contribution in [0.2, 0.25) is 0 Å². The van der Waals surface area contributed by atoms with Crippen molar-refractivity contribution < 1.29 is 32.2 Å². The monoisotopic (exact) mass is 488 g/mol. The molecule has 1 fully saturated rings. The molecule has 0 radical (unpaired) electrons. The molecular weight excluding hydrogens is 465 g/mol. The van der Waals surface area contributed by atoms with E-state index in [0.29, 0.717) is 23.8 Å². The first-order valence-electron chi connectivity index (χ1n) is 10.9. The van der Waals surface area contributed by atoms with Crippen LogP contribution in [-0.4, -0.2) is 35.3 Å². The number of methoxy groups -OCH3 is 1. The Kier molecular flexibility index (Phi) is 6.68. The highest BCUT2D eigenvalue weighted by Gasteiger charge is 2.34. The molecule has 0 unspecified atom stereocenters. The zero-order valence-corrected chi connectivity index (χ0v) is 19.0. The van der Waals surface area contributed by atoms with Gasteiger partial charge in [-0.05, 0) is 56.2 Å². The number of carbonyl (C=O) groups is 2. The summed E-state index contributed by atoms with van der Waals surface area (Å²) in [5.41, 5.74) is 4.99. The van der Waals surface area contributed by atoms with Crippen molar-refractivity contribution >= 4 is 11.8 Å². The molecule has 0 spiro atoms. The highest BCUT2D eigenvalue weighted by atomic mass is 19.4. The molecule has 1 aliphatic carbocycles. The zero-order valence-electron chi connectivity index (χ0n) is 19.0. The third-order valence-corrected chi connectivity index (χ3v) is 5.45. The lowest BCUT2D eigenvalue weighted by atomic mass is 10.1. The highest BCUT2D eigenvalue weighted by Crippen LogP contribution is 2.42.